The van der Waals surface area contributed by atoms with Crippen molar-refractivity contribution < 1.29 is 18.0 Å². The molecule has 3 nitrogen and oxygen atoms in total. The predicted molar refractivity (Wildman–Crippen MR) is 85.5 cm³/mol. The van der Waals surface area contributed by atoms with E-state index in [1.54, 1.807) is 25.1 Å². The van der Waals surface area contributed by atoms with E-state index >= 15 is 0 Å². The van der Waals surface area contributed by atoms with Gasteiger partial charge < -0.3 is 10.6 Å². The fourth-order valence-corrected chi connectivity index (χ4v) is 2.36. The van der Waals surface area contributed by atoms with Gasteiger partial charge in [-0.1, -0.05) is 22.0 Å². The number of carbonyl (C=O) groups excluding carboxylic acids is 1. The van der Waals surface area contributed by atoms with Gasteiger partial charge in [-0.15, -0.1) is 0 Å². The number of carbonyl (C=O) groups is 1. The molecule has 23 heavy (non-hydrogen) atoms. The van der Waals surface area contributed by atoms with E-state index in [9.17, 15) is 18.0 Å². The Morgan fingerprint density at radius 1 is 1.17 bits per heavy atom. The average molecular weight is 387 g/mol. The monoisotopic (exact) mass is 386 g/mol. The van der Waals surface area contributed by atoms with Gasteiger partial charge in [0.15, 0.2) is 17.5 Å². The maximum atomic E-state index is 13.2. The molecule has 122 valence electrons. The van der Waals surface area contributed by atoms with Gasteiger partial charge >= 0.3 is 0 Å². The van der Waals surface area contributed by atoms with E-state index in [0.29, 0.717) is 5.69 Å². The molecule has 0 unspecified atom stereocenters. The third-order valence-electron chi connectivity index (χ3n) is 3.18. The molecule has 2 aromatic rings. The Labute approximate surface area is 140 Å². The minimum atomic E-state index is -1.51. The second kappa shape index (κ2) is 7.61. The summed E-state index contributed by atoms with van der Waals surface area (Å²) in [5, 5.41) is 5.51. The number of nitrogens with one attached hydrogen (secondary N) is 2. The second-order valence-electron chi connectivity index (χ2n) is 4.96. The van der Waals surface area contributed by atoms with Gasteiger partial charge in [-0.2, -0.15) is 0 Å². The topological polar surface area (TPSA) is 41.1 Å². The van der Waals surface area contributed by atoms with Crippen LogP contribution in [-0.2, 0) is 4.79 Å². The van der Waals surface area contributed by atoms with E-state index in [-0.39, 0.29) is 18.0 Å². The van der Waals surface area contributed by atoms with Crippen LogP contribution in [0, 0.1) is 17.5 Å². The average Bonchev–Trinajstić information content (AvgIpc) is 2.49. The van der Waals surface area contributed by atoms with E-state index < -0.39 is 23.5 Å². The molecule has 2 rings (SSSR count). The lowest BCUT2D eigenvalue weighted by Gasteiger charge is -2.15. The molecule has 0 aliphatic heterocycles. The van der Waals surface area contributed by atoms with E-state index in [2.05, 4.69) is 26.6 Å². The molecule has 1 atom stereocenters. The fraction of sp³-hybridized carbons (Fsp3) is 0.188. The van der Waals surface area contributed by atoms with Gasteiger partial charge in [-0.25, -0.2) is 13.2 Å². The lowest BCUT2D eigenvalue weighted by Crippen LogP contribution is -2.30. The zero-order valence-corrected chi connectivity index (χ0v) is 13.8. The zero-order chi connectivity index (χ0) is 17.0. The zero-order valence-electron chi connectivity index (χ0n) is 12.2. The highest BCUT2D eigenvalue weighted by Gasteiger charge is 2.15. The van der Waals surface area contributed by atoms with Gasteiger partial charge in [0.05, 0.1) is 6.54 Å². The number of hydrogen-bond acceptors (Lipinski definition) is 2. The Morgan fingerprint density at radius 2 is 1.83 bits per heavy atom. The number of benzene rings is 2. The van der Waals surface area contributed by atoms with Crippen LogP contribution in [0.4, 0.5) is 18.9 Å². The van der Waals surface area contributed by atoms with Crippen molar-refractivity contribution in [1.29, 1.82) is 0 Å². The first-order chi connectivity index (χ1) is 10.9. The molecule has 0 heterocycles. The number of halogens is 4. The highest BCUT2D eigenvalue weighted by Crippen LogP contribution is 2.19. The molecule has 1 amide bonds. The third-order valence-corrected chi connectivity index (χ3v) is 3.68. The predicted octanol–water partition coefficient (Wildman–Crippen LogP) is 4.16. The summed E-state index contributed by atoms with van der Waals surface area (Å²) in [4.78, 5) is 11.9. The maximum Gasteiger partial charge on any atom is 0.238 e. The second-order valence-corrected chi connectivity index (χ2v) is 5.88. The lowest BCUT2D eigenvalue weighted by molar-refractivity contribution is -0.115. The van der Waals surface area contributed by atoms with Crippen molar-refractivity contribution in [3.8, 4) is 0 Å². The van der Waals surface area contributed by atoms with Crippen molar-refractivity contribution in [2.45, 2.75) is 13.0 Å². The van der Waals surface area contributed by atoms with E-state index in [4.69, 9.17) is 0 Å². The standard InChI is InChI=1S/C16H14BrF3N2O/c1-9(10-5-13(18)16(20)14(19)6-10)21-8-15(23)22-12-4-2-3-11(17)7-12/h2-7,9,21H,8H2,1H3,(H,22,23)/t9-/m0/s1. The quantitative estimate of drug-likeness (QED) is 0.757. The number of amides is 1. The van der Waals surface area contributed by atoms with Crippen molar-refractivity contribution in [2.24, 2.45) is 0 Å². The third kappa shape index (κ3) is 4.80. The first-order valence-corrected chi connectivity index (χ1v) is 7.59. The maximum absolute atomic E-state index is 13.2. The molecule has 0 aliphatic rings. The molecule has 7 heteroatoms. The van der Waals surface area contributed by atoms with Crippen molar-refractivity contribution in [1.82, 2.24) is 5.32 Å². The van der Waals surface area contributed by atoms with Crippen molar-refractivity contribution >= 4 is 27.5 Å². The molecule has 0 bridgehead atoms. The molecular weight excluding hydrogens is 373 g/mol. The van der Waals surface area contributed by atoms with Crippen LogP contribution in [-0.4, -0.2) is 12.5 Å². The van der Waals surface area contributed by atoms with Crippen molar-refractivity contribution in [2.75, 3.05) is 11.9 Å². The molecule has 0 fully saturated rings. The van der Waals surface area contributed by atoms with Gasteiger partial charge in [0, 0.05) is 16.2 Å². The Bertz CT molecular complexity index is 701. The molecule has 0 aliphatic carbocycles. The Hall–Kier alpha value is -1.86. The van der Waals surface area contributed by atoms with E-state index in [0.717, 1.165) is 16.6 Å². The fourth-order valence-electron chi connectivity index (χ4n) is 1.96. The summed E-state index contributed by atoms with van der Waals surface area (Å²) in [6, 6.07) is 8.37. The molecular formula is C16H14BrF3N2O. The largest absolute Gasteiger partial charge is 0.325 e. The van der Waals surface area contributed by atoms with Gasteiger partial charge in [0.1, 0.15) is 0 Å². The minimum Gasteiger partial charge on any atom is -0.325 e. The first-order valence-electron chi connectivity index (χ1n) is 6.80. The summed E-state index contributed by atoms with van der Waals surface area (Å²) < 4.78 is 40.1. The smallest absolute Gasteiger partial charge is 0.238 e. The normalized spacial score (nSPS) is 12.0. The molecule has 0 radical (unpaired) electrons. The molecule has 0 saturated carbocycles. The number of anilines is 1. The number of hydrogen-bond donors (Lipinski definition) is 2. The van der Waals surface area contributed by atoms with Crippen LogP contribution in [0.1, 0.15) is 18.5 Å². The highest BCUT2D eigenvalue weighted by molar-refractivity contribution is 9.10. The van der Waals surface area contributed by atoms with Crippen LogP contribution >= 0.6 is 15.9 Å². The van der Waals surface area contributed by atoms with Gasteiger partial charge in [0.25, 0.3) is 0 Å². The summed E-state index contributed by atoms with van der Waals surface area (Å²) in [5.41, 5.74) is 0.842. The van der Waals surface area contributed by atoms with Crippen molar-refractivity contribution in [3.63, 3.8) is 0 Å². The molecule has 0 saturated heterocycles. The summed E-state index contributed by atoms with van der Waals surface area (Å²) in [6.45, 7) is 1.56. The summed E-state index contributed by atoms with van der Waals surface area (Å²) >= 11 is 3.30. The Balaban J connectivity index is 1.93. The number of rotatable bonds is 5. The summed E-state index contributed by atoms with van der Waals surface area (Å²) in [7, 11) is 0. The summed E-state index contributed by atoms with van der Waals surface area (Å²) in [6.07, 6.45) is 0. The highest BCUT2D eigenvalue weighted by atomic mass is 79.9. The molecule has 2 N–H and O–H groups in total. The Morgan fingerprint density at radius 3 is 2.43 bits per heavy atom. The molecule has 0 aromatic heterocycles. The Kier molecular flexibility index (Phi) is 5.79. The minimum absolute atomic E-state index is 0.0612. The lowest BCUT2D eigenvalue weighted by atomic mass is 10.1. The van der Waals surface area contributed by atoms with Crippen molar-refractivity contribution in [3.05, 3.63) is 63.9 Å². The van der Waals surface area contributed by atoms with Crippen LogP contribution in [0.3, 0.4) is 0 Å². The van der Waals surface area contributed by atoms with E-state index in [1.807, 2.05) is 6.07 Å². The van der Waals surface area contributed by atoms with Crippen LogP contribution in [0.2, 0.25) is 0 Å². The van der Waals surface area contributed by atoms with Crippen LogP contribution < -0.4 is 10.6 Å². The molecule has 2 aromatic carbocycles. The van der Waals surface area contributed by atoms with Gasteiger partial charge in [-0.3, -0.25) is 4.79 Å². The van der Waals surface area contributed by atoms with Crippen LogP contribution in [0.25, 0.3) is 0 Å². The molecule has 0 spiro atoms. The summed E-state index contributed by atoms with van der Waals surface area (Å²) in [5.74, 6) is -4.33. The van der Waals surface area contributed by atoms with Gasteiger partial charge in [0.2, 0.25) is 5.91 Å². The SMILES string of the molecule is C[C@H](NCC(=O)Nc1cccc(Br)c1)c1cc(F)c(F)c(F)c1. The first kappa shape index (κ1) is 17.5. The van der Waals surface area contributed by atoms with Crippen LogP contribution in [0.15, 0.2) is 40.9 Å². The van der Waals surface area contributed by atoms with E-state index in [1.165, 1.54) is 0 Å². The van der Waals surface area contributed by atoms with Crippen LogP contribution in [0.5, 0.6) is 0 Å². The van der Waals surface area contributed by atoms with Gasteiger partial charge in [-0.05, 0) is 42.8 Å².